The lowest BCUT2D eigenvalue weighted by Gasteiger charge is -2.21. The summed E-state index contributed by atoms with van der Waals surface area (Å²) in [5.74, 6) is 3.59. The largest absolute Gasteiger partial charge is 0.338 e. The van der Waals surface area contributed by atoms with Gasteiger partial charge in [-0.3, -0.25) is 0 Å². The Bertz CT molecular complexity index is 562. The van der Waals surface area contributed by atoms with Gasteiger partial charge in [-0.1, -0.05) is 35.5 Å². The highest BCUT2D eigenvalue weighted by atomic mass is 32.2. The van der Waals surface area contributed by atoms with E-state index >= 15 is 0 Å². The van der Waals surface area contributed by atoms with Crippen LogP contribution in [0.25, 0.3) is 0 Å². The van der Waals surface area contributed by atoms with E-state index < -0.39 is 0 Å². The predicted octanol–water partition coefficient (Wildman–Crippen LogP) is 2.77. The van der Waals surface area contributed by atoms with Crippen LogP contribution >= 0.6 is 11.8 Å². The van der Waals surface area contributed by atoms with Crippen LogP contribution in [-0.4, -0.2) is 28.2 Å². The van der Waals surface area contributed by atoms with Crippen LogP contribution in [0, 0.1) is 0 Å². The molecule has 1 atom stereocenters. The van der Waals surface area contributed by atoms with E-state index in [0.29, 0.717) is 5.89 Å². The molecule has 2 heterocycles. The lowest BCUT2D eigenvalue weighted by Crippen LogP contribution is -2.30. The molecule has 0 radical (unpaired) electrons. The van der Waals surface area contributed by atoms with Crippen LogP contribution in [0.2, 0.25) is 0 Å². The van der Waals surface area contributed by atoms with Crippen LogP contribution in [0.1, 0.15) is 37.2 Å². The first-order chi connectivity index (χ1) is 9.68. The number of hydrogen-bond acceptors (Lipinski definition) is 5. The van der Waals surface area contributed by atoms with Crippen LogP contribution < -0.4 is 5.32 Å². The first-order valence-corrected chi connectivity index (χ1v) is 8.04. The first-order valence-electron chi connectivity index (χ1n) is 6.88. The van der Waals surface area contributed by atoms with Crippen LogP contribution in [0.15, 0.2) is 34.9 Å². The molecule has 106 valence electrons. The summed E-state index contributed by atoms with van der Waals surface area (Å²) in [4.78, 5) is 4.63. The van der Waals surface area contributed by atoms with E-state index in [1.54, 1.807) is 0 Å². The maximum absolute atomic E-state index is 5.48. The van der Waals surface area contributed by atoms with Gasteiger partial charge in [0.2, 0.25) is 5.89 Å². The molecule has 20 heavy (non-hydrogen) atoms. The monoisotopic (exact) mass is 289 g/mol. The van der Waals surface area contributed by atoms with Crippen molar-refractivity contribution in [1.82, 2.24) is 15.5 Å². The third kappa shape index (κ3) is 2.60. The van der Waals surface area contributed by atoms with Crippen molar-refractivity contribution in [2.24, 2.45) is 0 Å². The molecule has 0 saturated carbocycles. The molecule has 5 heteroatoms. The molecule has 0 amide bonds. The van der Waals surface area contributed by atoms with Gasteiger partial charge in [0.25, 0.3) is 0 Å². The standard InChI is InChI=1S/C15H19N3OS/c1-15(2,11-6-4-3-5-7-11)14-17-13(19-18-14)12-10-20-9-8-16-12/h3-7,12,16H,8-10H2,1-2H3. The summed E-state index contributed by atoms with van der Waals surface area (Å²) in [6.07, 6.45) is 0. The maximum Gasteiger partial charge on any atom is 0.244 e. The molecule has 1 aromatic heterocycles. The highest BCUT2D eigenvalue weighted by Gasteiger charge is 2.30. The van der Waals surface area contributed by atoms with Crippen LogP contribution in [0.4, 0.5) is 0 Å². The second kappa shape index (κ2) is 5.58. The van der Waals surface area contributed by atoms with Crippen LogP contribution in [0.5, 0.6) is 0 Å². The second-order valence-corrected chi connectivity index (χ2v) is 6.68. The van der Waals surface area contributed by atoms with E-state index in [-0.39, 0.29) is 11.5 Å². The molecule has 1 aliphatic heterocycles. The molecule has 1 N–H and O–H groups in total. The normalized spacial score (nSPS) is 20.0. The van der Waals surface area contributed by atoms with Gasteiger partial charge in [0.05, 0.1) is 11.5 Å². The van der Waals surface area contributed by atoms with Gasteiger partial charge in [-0.05, 0) is 19.4 Å². The van der Waals surface area contributed by atoms with Crippen molar-refractivity contribution in [3.63, 3.8) is 0 Å². The van der Waals surface area contributed by atoms with Gasteiger partial charge in [-0.2, -0.15) is 16.7 Å². The van der Waals surface area contributed by atoms with Crippen molar-refractivity contribution in [3.05, 3.63) is 47.6 Å². The Morgan fingerprint density at radius 1 is 1.30 bits per heavy atom. The van der Waals surface area contributed by atoms with Gasteiger partial charge >= 0.3 is 0 Å². The van der Waals surface area contributed by atoms with Gasteiger partial charge in [0, 0.05) is 18.1 Å². The summed E-state index contributed by atoms with van der Waals surface area (Å²) in [5, 5.41) is 7.63. The van der Waals surface area contributed by atoms with E-state index in [0.717, 1.165) is 23.9 Å². The Kier molecular flexibility index (Phi) is 3.81. The van der Waals surface area contributed by atoms with Crippen molar-refractivity contribution >= 4 is 11.8 Å². The zero-order valence-corrected chi connectivity index (χ0v) is 12.6. The molecular formula is C15H19N3OS. The van der Waals surface area contributed by atoms with E-state index in [1.807, 2.05) is 30.0 Å². The summed E-state index contributed by atoms with van der Waals surface area (Å²) in [6.45, 7) is 5.25. The summed E-state index contributed by atoms with van der Waals surface area (Å²) < 4.78 is 5.48. The molecule has 4 nitrogen and oxygen atoms in total. The Morgan fingerprint density at radius 2 is 2.10 bits per heavy atom. The predicted molar refractivity (Wildman–Crippen MR) is 80.9 cm³/mol. The molecule has 1 saturated heterocycles. The number of thioether (sulfide) groups is 1. The molecular weight excluding hydrogens is 270 g/mol. The van der Waals surface area contributed by atoms with Crippen molar-refractivity contribution in [1.29, 1.82) is 0 Å². The number of aromatic nitrogens is 2. The van der Waals surface area contributed by atoms with Crippen LogP contribution in [-0.2, 0) is 5.41 Å². The summed E-state index contributed by atoms with van der Waals surface area (Å²) in [7, 11) is 0. The average Bonchev–Trinajstić information content (AvgIpc) is 3.00. The minimum Gasteiger partial charge on any atom is -0.338 e. The molecule has 1 fully saturated rings. The molecule has 3 rings (SSSR count). The van der Waals surface area contributed by atoms with E-state index in [9.17, 15) is 0 Å². The number of hydrogen-bond donors (Lipinski definition) is 1. The SMILES string of the molecule is CC(C)(c1ccccc1)c1noc(C2CSCCN2)n1. The fourth-order valence-electron chi connectivity index (χ4n) is 2.34. The van der Waals surface area contributed by atoms with Gasteiger partial charge < -0.3 is 9.84 Å². The summed E-state index contributed by atoms with van der Waals surface area (Å²) in [5.41, 5.74) is 0.948. The number of nitrogens with zero attached hydrogens (tertiary/aromatic N) is 2. The second-order valence-electron chi connectivity index (χ2n) is 5.53. The molecule has 1 unspecified atom stereocenters. The topological polar surface area (TPSA) is 51.0 Å². The smallest absolute Gasteiger partial charge is 0.244 e. The Morgan fingerprint density at radius 3 is 2.80 bits per heavy atom. The Balaban J connectivity index is 1.85. The number of rotatable bonds is 3. The third-order valence-corrected chi connectivity index (χ3v) is 4.78. The van der Waals surface area contributed by atoms with Crippen molar-refractivity contribution in [2.75, 3.05) is 18.1 Å². The van der Waals surface area contributed by atoms with Crippen molar-refractivity contribution in [3.8, 4) is 0 Å². The highest BCUT2D eigenvalue weighted by molar-refractivity contribution is 7.99. The molecule has 2 aromatic rings. The minimum atomic E-state index is -0.245. The summed E-state index contributed by atoms with van der Waals surface area (Å²) >= 11 is 1.92. The quantitative estimate of drug-likeness (QED) is 0.941. The number of benzene rings is 1. The Labute approximate surface area is 123 Å². The molecule has 1 aliphatic rings. The van der Waals surface area contributed by atoms with Gasteiger partial charge in [0.1, 0.15) is 0 Å². The van der Waals surface area contributed by atoms with Gasteiger partial charge in [-0.15, -0.1) is 0 Å². The number of nitrogens with one attached hydrogen (secondary N) is 1. The van der Waals surface area contributed by atoms with Crippen LogP contribution in [0.3, 0.4) is 0 Å². The molecule has 0 bridgehead atoms. The Hall–Kier alpha value is -1.33. The molecule has 1 aromatic carbocycles. The highest BCUT2D eigenvalue weighted by Crippen LogP contribution is 2.30. The van der Waals surface area contributed by atoms with Crippen molar-refractivity contribution < 1.29 is 4.52 Å². The van der Waals surface area contributed by atoms with E-state index in [1.165, 1.54) is 5.56 Å². The lowest BCUT2D eigenvalue weighted by molar-refractivity contribution is 0.335. The third-order valence-electron chi connectivity index (χ3n) is 3.72. The van der Waals surface area contributed by atoms with E-state index in [4.69, 9.17) is 4.52 Å². The first kappa shape index (κ1) is 13.6. The zero-order chi connectivity index (χ0) is 14.0. The van der Waals surface area contributed by atoms with Crippen molar-refractivity contribution in [2.45, 2.75) is 25.3 Å². The van der Waals surface area contributed by atoms with Gasteiger partial charge in [0.15, 0.2) is 5.82 Å². The maximum atomic E-state index is 5.48. The fraction of sp³-hybridized carbons (Fsp3) is 0.467. The fourth-order valence-corrected chi connectivity index (χ4v) is 3.26. The average molecular weight is 289 g/mol. The van der Waals surface area contributed by atoms with Gasteiger partial charge in [-0.25, -0.2) is 0 Å². The lowest BCUT2D eigenvalue weighted by atomic mass is 9.84. The molecule has 0 aliphatic carbocycles. The zero-order valence-electron chi connectivity index (χ0n) is 11.8. The minimum absolute atomic E-state index is 0.182. The van der Waals surface area contributed by atoms with E-state index in [2.05, 4.69) is 41.4 Å². The summed E-state index contributed by atoms with van der Waals surface area (Å²) in [6, 6.07) is 10.5. The molecule has 0 spiro atoms.